The Kier molecular flexibility index (Phi) is 4.64. The Morgan fingerprint density at radius 1 is 1.08 bits per heavy atom. The summed E-state index contributed by atoms with van der Waals surface area (Å²) in [6, 6.07) is 0. The zero-order chi connectivity index (χ0) is 9.83. The van der Waals surface area contributed by atoms with Gasteiger partial charge in [-0.1, -0.05) is 6.92 Å². The third-order valence-electron chi connectivity index (χ3n) is 1.58. The highest BCUT2D eigenvalue weighted by atomic mass is 32.2. The van der Waals surface area contributed by atoms with Crippen LogP contribution in [0.5, 0.6) is 0 Å². The maximum absolute atomic E-state index is 3.53. The Bertz CT molecular complexity index is 124. The molecule has 1 N–H and O–H groups in total. The Hall–Kier alpha value is 0.310. The van der Waals surface area contributed by atoms with Crippen molar-refractivity contribution in [3.8, 4) is 0 Å². The zero-order valence-electron chi connectivity index (χ0n) is 9.32. The van der Waals surface area contributed by atoms with Gasteiger partial charge in [0, 0.05) is 16.8 Å². The topological polar surface area (TPSA) is 12.0 Å². The van der Waals surface area contributed by atoms with Gasteiger partial charge in [-0.15, -0.1) is 0 Å². The Morgan fingerprint density at radius 3 is 1.92 bits per heavy atom. The average Bonchev–Trinajstić information content (AvgIpc) is 1.83. The van der Waals surface area contributed by atoms with Gasteiger partial charge in [0.05, 0.1) is 0 Å². The molecule has 0 aromatic carbocycles. The minimum absolute atomic E-state index is 0.242. The second-order valence-corrected chi connectivity index (χ2v) is 6.77. The summed E-state index contributed by atoms with van der Waals surface area (Å²) in [6.45, 7) is 14.5. The molecule has 0 rings (SSSR count). The van der Waals surface area contributed by atoms with Crippen molar-refractivity contribution >= 4 is 11.8 Å². The molecule has 0 heterocycles. The van der Waals surface area contributed by atoms with Crippen LogP contribution in [0.4, 0.5) is 0 Å². The highest BCUT2D eigenvalue weighted by molar-refractivity contribution is 8.00. The quantitative estimate of drug-likeness (QED) is 0.730. The van der Waals surface area contributed by atoms with E-state index in [4.69, 9.17) is 0 Å². The number of hydrogen-bond donors (Lipinski definition) is 1. The van der Waals surface area contributed by atoms with E-state index in [1.807, 2.05) is 11.8 Å². The standard InChI is InChI=1S/C10H23NS/c1-7-12-10(5,6)8-11-9(2,3)4/h11H,7-8H2,1-6H3. The van der Waals surface area contributed by atoms with Crippen LogP contribution in [0.15, 0.2) is 0 Å². The van der Waals surface area contributed by atoms with Gasteiger partial charge in [-0.25, -0.2) is 0 Å². The fourth-order valence-corrected chi connectivity index (χ4v) is 1.88. The molecule has 0 amide bonds. The van der Waals surface area contributed by atoms with Crippen LogP contribution in [0.1, 0.15) is 41.5 Å². The van der Waals surface area contributed by atoms with Gasteiger partial charge in [-0.05, 0) is 40.4 Å². The maximum atomic E-state index is 3.53. The van der Waals surface area contributed by atoms with E-state index in [0.717, 1.165) is 6.54 Å². The van der Waals surface area contributed by atoms with Gasteiger partial charge in [-0.3, -0.25) is 0 Å². The van der Waals surface area contributed by atoms with Gasteiger partial charge in [0.2, 0.25) is 0 Å². The summed E-state index contributed by atoms with van der Waals surface area (Å²) in [7, 11) is 0. The molecule has 0 aliphatic heterocycles. The van der Waals surface area contributed by atoms with E-state index in [1.165, 1.54) is 5.75 Å². The lowest BCUT2D eigenvalue weighted by Gasteiger charge is -2.29. The van der Waals surface area contributed by atoms with Crippen LogP contribution in [0, 0.1) is 0 Å². The largest absolute Gasteiger partial charge is 0.311 e. The van der Waals surface area contributed by atoms with E-state index < -0.39 is 0 Å². The molecule has 0 aliphatic carbocycles. The van der Waals surface area contributed by atoms with Crippen LogP contribution in [-0.2, 0) is 0 Å². The molecular formula is C10H23NS. The first-order valence-corrected chi connectivity index (χ1v) is 5.64. The Balaban J connectivity index is 3.75. The van der Waals surface area contributed by atoms with Crippen molar-refractivity contribution in [3.05, 3.63) is 0 Å². The smallest absolute Gasteiger partial charge is 0.0228 e. The molecule has 12 heavy (non-hydrogen) atoms. The van der Waals surface area contributed by atoms with E-state index in [1.54, 1.807) is 0 Å². The fraction of sp³-hybridized carbons (Fsp3) is 1.00. The molecule has 0 saturated carbocycles. The van der Waals surface area contributed by atoms with Crippen molar-refractivity contribution in [1.82, 2.24) is 5.32 Å². The molecule has 0 saturated heterocycles. The lowest BCUT2D eigenvalue weighted by Crippen LogP contribution is -2.43. The van der Waals surface area contributed by atoms with E-state index >= 15 is 0 Å². The summed E-state index contributed by atoms with van der Waals surface area (Å²) in [5, 5.41) is 3.53. The van der Waals surface area contributed by atoms with Crippen molar-refractivity contribution in [1.29, 1.82) is 0 Å². The first-order chi connectivity index (χ1) is 5.27. The number of rotatable bonds is 4. The second kappa shape index (κ2) is 4.52. The lowest BCUT2D eigenvalue weighted by atomic mass is 10.1. The summed E-state index contributed by atoms with van der Waals surface area (Å²) < 4.78 is 0.363. The highest BCUT2D eigenvalue weighted by Crippen LogP contribution is 2.23. The zero-order valence-corrected chi connectivity index (χ0v) is 10.1. The van der Waals surface area contributed by atoms with Gasteiger partial charge in [0.25, 0.3) is 0 Å². The van der Waals surface area contributed by atoms with E-state index in [9.17, 15) is 0 Å². The molecule has 0 unspecified atom stereocenters. The summed E-state index contributed by atoms with van der Waals surface area (Å²) in [5.41, 5.74) is 0.242. The number of thioether (sulfide) groups is 1. The third kappa shape index (κ3) is 6.99. The predicted molar refractivity (Wildman–Crippen MR) is 60.0 cm³/mol. The molecule has 0 spiro atoms. The number of hydrogen-bond acceptors (Lipinski definition) is 2. The summed E-state index contributed by atoms with van der Waals surface area (Å²) in [4.78, 5) is 0. The third-order valence-corrected chi connectivity index (χ3v) is 2.79. The summed E-state index contributed by atoms with van der Waals surface area (Å²) in [6.07, 6.45) is 0. The van der Waals surface area contributed by atoms with Gasteiger partial charge in [-0.2, -0.15) is 11.8 Å². The van der Waals surface area contributed by atoms with Crippen LogP contribution in [-0.4, -0.2) is 22.6 Å². The molecule has 0 atom stereocenters. The number of nitrogens with one attached hydrogen (secondary N) is 1. The molecule has 0 aromatic heterocycles. The van der Waals surface area contributed by atoms with Gasteiger partial charge in [0.15, 0.2) is 0 Å². The van der Waals surface area contributed by atoms with E-state index in [2.05, 4.69) is 46.9 Å². The van der Waals surface area contributed by atoms with Crippen molar-refractivity contribution in [3.63, 3.8) is 0 Å². The van der Waals surface area contributed by atoms with Crippen LogP contribution in [0.2, 0.25) is 0 Å². The normalized spacial score (nSPS) is 13.5. The average molecular weight is 189 g/mol. The highest BCUT2D eigenvalue weighted by Gasteiger charge is 2.20. The molecule has 1 nitrogen and oxygen atoms in total. The molecule has 0 radical (unpaired) electrons. The lowest BCUT2D eigenvalue weighted by molar-refractivity contribution is 0.406. The monoisotopic (exact) mass is 189 g/mol. The minimum Gasteiger partial charge on any atom is -0.311 e. The maximum Gasteiger partial charge on any atom is 0.0228 e. The summed E-state index contributed by atoms with van der Waals surface area (Å²) >= 11 is 2.01. The molecule has 0 aromatic rings. The van der Waals surface area contributed by atoms with Gasteiger partial charge >= 0.3 is 0 Å². The van der Waals surface area contributed by atoms with Crippen molar-refractivity contribution in [2.45, 2.75) is 51.8 Å². The van der Waals surface area contributed by atoms with Crippen LogP contribution in [0.3, 0.4) is 0 Å². The van der Waals surface area contributed by atoms with Crippen LogP contribution >= 0.6 is 11.8 Å². The summed E-state index contributed by atoms with van der Waals surface area (Å²) in [5.74, 6) is 1.19. The Morgan fingerprint density at radius 2 is 1.58 bits per heavy atom. The van der Waals surface area contributed by atoms with E-state index in [0.29, 0.717) is 4.75 Å². The molecule has 0 aliphatic rings. The molecule has 0 fully saturated rings. The minimum atomic E-state index is 0.242. The first-order valence-electron chi connectivity index (χ1n) is 4.66. The van der Waals surface area contributed by atoms with Crippen molar-refractivity contribution in [2.24, 2.45) is 0 Å². The first kappa shape index (κ1) is 12.3. The molecule has 74 valence electrons. The molecule has 2 heteroatoms. The molecular weight excluding hydrogens is 166 g/mol. The van der Waals surface area contributed by atoms with Crippen molar-refractivity contribution < 1.29 is 0 Å². The SMILES string of the molecule is CCSC(C)(C)CNC(C)(C)C. The van der Waals surface area contributed by atoms with Crippen molar-refractivity contribution in [2.75, 3.05) is 12.3 Å². The van der Waals surface area contributed by atoms with Crippen LogP contribution in [0.25, 0.3) is 0 Å². The Labute approximate surface area is 81.7 Å². The fourth-order valence-electron chi connectivity index (χ4n) is 0.920. The van der Waals surface area contributed by atoms with Gasteiger partial charge in [0.1, 0.15) is 0 Å². The second-order valence-electron chi connectivity index (χ2n) is 4.80. The van der Waals surface area contributed by atoms with E-state index in [-0.39, 0.29) is 5.54 Å². The van der Waals surface area contributed by atoms with Gasteiger partial charge < -0.3 is 5.32 Å². The van der Waals surface area contributed by atoms with Crippen LogP contribution < -0.4 is 5.32 Å². The predicted octanol–water partition coefficient (Wildman–Crippen LogP) is 2.91. The molecule has 0 bridgehead atoms.